The molecule has 1 atom stereocenters. The third kappa shape index (κ3) is 3.27. The van der Waals surface area contributed by atoms with Crippen LogP contribution in [-0.2, 0) is 0 Å². The summed E-state index contributed by atoms with van der Waals surface area (Å²) in [5.41, 5.74) is -0.213. The fourth-order valence-electron chi connectivity index (χ4n) is 0.731. The molecule has 0 fully saturated rings. The summed E-state index contributed by atoms with van der Waals surface area (Å²) in [6.07, 6.45) is 0.499. The SMILES string of the molecule is O=c1ccc(OCC(O)CO)c[nH]1. The molecule has 0 saturated carbocycles. The average molecular weight is 185 g/mol. The summed E-state index contributed by atoms with van der Waals surface area (Å²) in [6, 6.07) is 2.81. The van der Waals surface area contributed by atoms with Crippen molar-refractivity contribution in [2.24, 2.45) is 0 Å². The summed E-state index contributed by atoms with van der Waals surface area (Å²) < 4.78 is 5.03. The van der Waals surface area contributed by atoms with Crippen LogP contribution in [0.4, 0.5) is 0 Å². The number of hydrogen-bond acceptors (Lipinski definition) is 4. The van der Waals surface area contributed by atoms with E-state index in [9.17, 15) is 4.79 Å². The highest BCUT2D eigenvalue weighted by atomic mass is 16.5. The van der Waals surface area contributed by atoms with Crippen molar-refractivity contribution < 1.29 is 14.9 Å². The first-order valence-electron chi connectivity index (χ1n) is 3.83. The summed E-state index contributed by atoms with van der Waals surface area (Å²) >= 11 is 0. The van der Waals surface area contributed by atoms with Gasteiger partial charge < -0.3 is 19.9 Å². The molecule has 0 amide bonds. The van der Waals surface area contributed by atoms with Gasteiger partial charge in [-0.3, -0.25) is 4.79 Å². The highest BCUT2D eigenvalue weighted by Crippen LogP contribution is 2.04. The number of ether oxygens (including phenoxy) is 1. The van der Waals surface area contributed by atoms with Crippen LogP contribution in [0.5, 0.6) is 5.75 Å². The molecule has 1 unspecified atom stereocenters. The third-order valence-electron chi connectivity index (χ3n) is 1.41. The van der Waals surface area contributed by atoms with Crippen LogP contribution in [0.25, 0.3) is 0 Å². The second-order valence-corrected chi connectivity index (χ2v) is 2.54. The van der Waals surface area contributed by atoms with Crippen LogP contribution in [0, 0.1) is 0 Å². The van der Waals surface area contributed by atoms with E-state index >= 15 is 0 Å². The van der Waals surface area contributed by atoms with Crippen molar-refractivity contribution in [1.29, 1.82) is 0 Å². The first-order chi connectivity index (χ1) is 6.22. The molecule has 1 aromatic rings. The van der Waals surface area contributed by atoms with Crippen molar-refractivity contribution in [3.63, 3.8) is 0 Å². The van der Waals surface area contributed by atoms with E-state index in [-0.39, 0.29) is 18.8 Å². The molecule has 1 aromatic heterocycles. The molecule has 72 valence electrons. The maximum absolute atomic E-state index is 10.6. The van der Waals surface area contributed by atoms with E-state index in [4.69, 9.17) is 14.9 Å². The van der Waals surface area contributed by atoms with Crippen molar-refractivity contribution >= 4 is 0 Å². The van der Waals surface area contributed by atoms with Gasteiger partial charge in [0.05, 0.1) is 6.61 Å². The molecule has 1 heterocycles. The molecule has 0 radical (unpaired) electrons. The topological polar surface area (TPSA) is 82.6 Å². The van der Waals surface area contributed by atoms with Gasteiger partial charge in [0, 0.05) is 12.3 Å². The molecule has 5 nitrogen and oxygen atoms in total. The summed E-state index contributed by atoms with van der Waals surface area (Å²) in [7, 11) is 0. The molecule has 0 aliphatic heterocycles. The van der Waals surface area contributed by atoms with Crippen LogP contribution in [-0.4, -0.2) is 34.5 Å². The lowest BCUT2D eigenvalue weighted by atomic mass is 10.4. The lowest BCUT2D eigenvalue weighted by Gasteiger charge is -2.08. The smallest absolute Gasteiger partial charge is 0.248 e. The van der Waals surface area contributed by atoms with Gasteiger partial charge in [-0.05, 0) is 6.07 Å². The van der Waals surface area contributed by atoms with E-state index in [1.165, 1.54) is 18.3 Å². The Bertz CT molecular complexity index is 289. The molecule has 0 aliphatic rings. The highest BCUT2D eigenvalue weighted by Gasteiger charge is 2.02. The fourth-order valence-corrected chi connectivity index (χ4v) is 0.731. The predicted octanol–water partition coefficient (Wildman–Crippen LogP) is -0.893. The van der Waals surface area contributed by atoms with Crippen LogP contribution in [0.15, 0.2) is 23.1 Å². The van der Waals surface area contributed by atoms with Crippen LogP contribution in [0.3, 0.4) is 0 Å². The lowest BCUT2D eigenvalue weighted by Crippen LogP contribution is -2.21. The van der Waals surface area contributed by atoms with E-state index in [1.807, 2.05) is 0 Å². The van der Waals surface area contributed by atoms with Crippen LogP contribution in [0.1, 0.15) is 0 Å². The molecule has 0 spiro atoms. The average Bonchev–Trinajstić information content (AvgIpc) is 2.16. The van der Waals surface area contributed by atoms with Crippen molar-refractivity contribution in [3.8, 4) is 5.75 Å². The zero-order chi connectivity index (χ0) is 9.68. The van der Waals surface area contributed by atoms with Crippen molar-refractivity contribution in [2.75, 3.05) is 13.2 Å². The second-order valence-electron chi connectivity index (χ2n) is 2.54. The number of aliphatic hydroxyl groups is 2. The van der Waals surface area contributed by atoms with Crippen molar-refractivity contribution in [1.82, 2.24) is 4.98 Å². The van der Waals surface area contributed by atoms with E-state index in [0.717, 1.165) is 0 Å². The Morgan fingerprint density at radius 1 is 1.54 bits per heavy atom. The van der Waals surface area contributed by atoms with Gasteiger partial charge in [0.2, 0.25) is 5.56 Å². The standard InChI is InChI=1S/C8H11NO4/c10-4-6(11)5-13-7-1-2-8(12)9-3-7/h1-3,6,10-11H,4-5H2,(H,9,12). The monoisotopic (exact) mass is 185 g/mol. The maximum Gasteiger partial charge on any atom is 0.248 e. The Morgan fingerprint density at radius 3 is 2.85 bits per heavy atom. The highest BCUT2D eigenvalue weighted by molar-refractivity contribution is 5.15. The largest absolute Gasteiger partial charge is 0.489 e. The predicted molar refractivity (Wildman–Crippen MR) is 45.7 cm³/mol. The number of nitrogens with one attached hydrogen (secondary N) is 1. The van der Waals surface area contributed by atoms with Crippen LogP contribution in [0.2, 0.25) is 0 Å². The Hall–Kier alpha value is -1.33. The van der Waals surface area contributed by atoms with Crippen molar-refractivity contribution in [2.45, 2.75) is 6.10 Å². The molecule has 1 rings (SSSR count). The van der Waals surface area contributed by atoms with Gasteiger partial charge in [-0.1, -0.05) is 0 Å². The summed E-state index contributed by atoms with van der Waals surface area (Å²) in [5, 5.41) is 17.4. The molecule has 3 N–H and O–H groups in total. The summed E-state index contributed by atoms with van der Waals surface area (Å²) in [5.74, 6) is 0.451. The summed E-state index contributed by atoms with van der Waals surface area (Å²) in [4.78, 5) is 13.0. The Morgan fingerprint density at radius 2 is 2.31 bits per heavy atom. The van der Waals surface area contributed by atoms with Gasteiger partial charge in [-0.2, -0.15) is 0 Å². The molecule has 0 saturated heterocycles. The molecular formula is C8H11NO4. The third-order valence-corrected chi connectivity index (χ3v) is 1.41. The van der Waals surface area contributed by atoms with Gasteiger partial charge >= 0.3 is 0 Å². The minimum atomic E-state index is -0.896. The van der Waals surface area contributed by atoms with Gasteiger partial charge in [0.1, 0.15) is 18.5 Å². The molecule has 13 heavy (non-hydrogen) atoms. The number of aromatic amines is 1. The van der Waals surface area contributed by atoms with Crippen LogP contribution < -0.4 is 10.3 Å². The number of H-pyrrole nitrogens is 1. The van der Waals surface area contributed by atoms with Crippen LogP contribution >= 0.6 is 0 Å². The minimum Gasteiger partial charge on any atom is -0.489 e. The Kier molecular flexibility index (Phi) is 3.48. The summed E-state index contributed by atoms with van der Waals surface area (Å²) in [6.45, 7) is -0.341. The molecule has 0 bridgehead atoms. The lowest BCUT2D eigenvalue weighted by molar-refractivity contribution is 0.0535. The van der Waals surface area contributed by atoms with E-state index in [1.54, 1.807) is 0 Å². The van der Waals surface area contributed by atoms with E-state index in [0.29, 0.717) is 5.75 Å². The molecular weight excluding hydrogens is 174 g/mol. The van der Waals surface area contributed by atoms with Gasteiger partial charge in [-0.25, -0.2) is 0 Å². The van der Waals surface area contributed by atoms with Gasteiger partial charge in [0.25, 0.3) is 0 Å². The number of pyridine rings is 1. The Balaban J connectivity index is 2.46. The van der Waals surface area contributed by atoms with E-state index in [2.05, 4.69) is 4.98 Å². The number of aliphatic hydroxyl groups excluding tert-OH is 2. The molecule has 0 aromatic carbocycles. The zero-order valence-electron chi connectivity index (χ0n) is 6.93. The maximum atomic E-state index is 10.6. The second kappa shape index (κ2) is 4.64. The normalized spacial score (nSPS) is 12.5. The first kappa shape index (κ1) is 9.76. The molecule has 5 heteroatoms. The van der Waals surface area contributed by atoms with Gasteiger partial charge in [-0.15, -0.1) is 0 Å². The number of hydrogen-bond donors (Lipinski definition) is 3. The fraction of sp³-hybridized carbons (Fsp3) is 0.375. The number of aromatic nitrogens is 1. The number of rotatable bonds is 4. The molecule has 0 aliphatic carbocycles. The Labute approximate surface area is 74.6 Å². The van der Waals surface area contributed by atoms with E-state index < -0.39 is 6.10 Å². The van der Waals surface area contributed by atoms with Crippen molar-refractivity contribution in [3.05, 3.63) is 28.7 Å². The quantitative estimate of drug-likeness (QED) is 0.568. The minimum absolute atomic E-state index is 0.00252. The van der Waals surface area contributed by atoms with Gasteiger partial charge in [0.15, 0.2) is 0 Å². The zero-order valence-corrected chi connectivity index (χ0v) is 6.93. The first-order valence-corrected chi connectivity index (χ1v) is 3.83.